The molecule has 1 N–H and O–H groups in total. The zero-order valence-electron chi connectivity index (χ0n) is 15.2. The van der Waals surface area contributed by atoms with E-state index in [4.69, 9.17) is 11.6 Å². The van der Waals surface area contributed by atoms with Crippen molar-refractivity contribution in [3.63, 3.8) is 0 Å². The number of carbonyl (C=O) groups is 2. The number of para-hydroxylation sites is 1. The summed E-state index contributed by atoms with van der Waals surface area (Å²) in [5.74, 6) is -0.188. The number of halogens is 1. The number of benzene rings is 2. The summed E-state index contributed by atoms with van der Waals surface area (Å²) in [6.45, 7) is 1.19. The number of anilines is 1. The molecule has 2 amide bonds. The van der Waals surface area contributed by atoms with Crippen LogP contribution in [0.15, 0.2) is 48.5 Å². The molecule has 1 aliphatic carbocycles. The summed E-state index contributed by atoms with van der Waals surface area (Å²) in [7, 11) is 0. The summed E-state index contributed by atoms with van der Waals surface area (Å²) in [5.41, 5.74) is 2.35. The van der Waals surface area contributed by atoms with E-state index in [2.05, 4.69) is 11.4 Å². The number of hydrogen-bond acceptors (Lipinski definition) is 2. The number of hydrogen-bond donors (Lipinski definition) is 1. The molecule has 2 aromatic rings. The van der Waals surface area contributed by atoms with Crippen molar-refractivity contribution in [2.45, 2.75) is 32.1 Å². The van der Waals surface area contributed by atoms with Crippen LogP contribution in [-0.4, -0.2) is 24.9 Å². The van der Waals surface area contributed by atoms with Crippen LogP contribution in [0.3, 0.4) is 0 Å². The minimum atomic E-state index is -0.876. The molecule has 1 heterocycles. The van der Waals surface area contributed by atoms with E-state index in [-0.39, 0.29) is 11.8 Å². The Bertz CT molecular complexity index is 876. The van der Waals surface area contributed by atoms with Gasteiger partial charge in [-0.2, -0.15) is 0 Å². The third-order valence-electron chi connectivity index (χ3n) is 5.54. The van der Waals surface area contributed by atoms with Crippen molar-refractivity contribution in [1.29, 1.82) is 0 Å². The van der Waals surface area contributed by atoms with Crippen LogP contribution in [0.1, 0.15) is 30.4 Å². The lowest BCUT2D eigenvalue weighted by molar-refractivity contribution is -0.135. The molecule has 0 spiro atoms. The van der Waals surface area contributed by atoms with E-state index in [1.54, 1.807) is 0 Å². The molecule has 4 rings (SSSR count). The third kappa shape index (κ3) is 3.59. The summed E-state index contributed by atoms with van der Waals surface area (Å²) in [4.78, 5) is 27.8. The molecule has 1 fully saturated rings. The van der Waals surface area contributed by atoms with Gasteiger partial charge in [-0.25, -0.2) is 0 Å². The van der Waals surface area contributed by atoms with E-state index in [0.29, 0.717) is 37.4 Å². The normalized spacial score (nSPS) is 17.1. The van der Waals surface area contributed by atoms with Gasteiger partial charge in [-0.1, -0.05) is 41.9 Å². The van der Waals surface area contributed by atoms with Crippen molar-refractivity contribution in [3.05, 3.63) is 64.7 Å². The van der Waals surface area contributed by atoms with Crippen LogP contribution in [0.5, 0.6) is 0 Å². The van der Waals surface area contributed by atoms with E-state index in [1.165, 1.54) is 5.56 Å². The van der Waals surface area contributed by atoms with Crippen LogP contribution in [0.2, 0.25) is 5.02 Å². The van der Waals surface area contributed by atoms with Crippen molar-refractivity contribution in [1.82, 2.24) is 5.32 Å². The summed E-state index contributed by atoms with van der Waals surface area (Å²) >= 11 is 6.00. The van der Waals surface area contributed by atoms with Crippen molar-refractivity contribution >= 4 is 29.1 Å². The Hall–Kier alpha value is -2.33. The Morgan fingerprint density at radius 3 is 2.70 bits per heavy atom. The molecule has 4 nitrogen and oxygen atoms in total. The molecule has 140 valence electrons. The molecule has 1 saturated carbocycles. The summed E-state index contributed by atoms with van der Waals surface area (Å²) in [6, 6.07) is 15.6. The van der Waals surface area contributed by atoms with Gasteiger partial charge >= 0.3 is 0 Å². The highest BCUT2D eigenvalue weighted by molar-refractivity contribution is 6.30. The van der Waals surface area contributed by atoms with Gasteiger partial charge in [0.15, 0.2) is 0 Å². The molecule has 0 bridgehead atoms. The molecule has 0 atom stereocenters. The lowest BCUT2D eigenvalue weighted by atomic mass is 9.97. The van der Waals surface area contributed by atoms with E-state index >= 15 is 0 Å². The number of aryl methyl sites for hydroxylation is 1. The standard InChI is InChI=1S/C22H23ClN2O2/c23-18-8-3-5-16(15-18)10-13-24-20(26)22(11-12-22)21(27)25-14-4-7-17-6-1-2-9-19(17)25/h1-3,5-6,8-9,15H,4,7,10-14H2,(H,24,26). The fourth-order valence-corrected chi connectivity index (χ4v) is 4.06. The SMILES string of the molecule is O=C(NCCc1cccc(Cl)c1)C1(C(=O)N2CCCc3ccccc32)CC1. The first-order chi connectivity index (χ1) is 13.1. The monoisotopic (exact) mass is 382 g/mol. The molecule has 0 aromatic heterocycles. The first-order valence-electron chi connectivity index (χ1n) is 9.53. The topological polar surface area (TPSA) is 49.4 Å². The second-order valence-electron chi connectivity index (χ2n) is 7.41. The van der Waals surface area contributed by atoms with E-state index < -0.39 is 5.41 Å². The van der Waals surface area contributed by atoms with E-state index in [0.717, 1.165) is 24.1 Å². The van der Waals surface area contributed by atoms with Gasteiger partial charge < -0.3 is 10.2 Å². The number of fused-ring (bicyclic) bond motifs is 1. The second-order valence-corrected chi connectivity index (χ2v) is 7.84. The van der Waals surface area contributed by atoms with Crippen molar-refractivity contribution in [3.8, 4) is 0 Å². The zero-order chi connectivity index (χ0) is 18.9. The highest BCUT2D eigenvalue weighted by Crippen LogP contribution is 2.48. The first kappa shape index (κ1) is 18.1. The van der Waals surface area contributed by atoms with Gasteiger partial charge in [-0.15, -0.1) is 0 Å². The third-order valence-corrected chi connectivity index (χ3v) is 5.77. The maximum Gasteiger partial charge on any atom is 0.242 e. The van der Waals surface area contributed by atoms with Gasteiger partial charge in [0, 0.05) is 23.8 Å². The van der Waals surface area contributed by atoms with Gasteiger partial charge in [-0.3, -0.25) is 9.59 Å². The molecular formula is C22H23ClN2O2. The van der Waals surface area contributed by atoms with Crippen LogP contribution >= 0.6 is 11.6 Å². The predicted molar refractivity (Wildman–Crippen MR) is 107 cm³/mol. The maximum atomic E-state index is 13.2. The Labute approximate surface area is 164 Å². The Kier molecular flexibility index (Phi) is 4.92. The largest absolute Gasteiger partial charge is 0.355 e. The summed E-state index contributed by atoms with van der Waals surface area (Å²) in [6.07, 6.45) is 3.89. The van der Waals surface area contributed by atoms with Crippen LogP contribution in [-0.2, 0) is 22.4 Å². The number of carbonyl (C=O) groups excluding carboxylic acids is 2. The fourth-order valence-electron chi connectivity index (χ4n) is 3.85. The van der Waals surface area contributed by atoms with Crippen molar-refractivity contribution < 1.29 is 9.59 Å². The Morgan fingerprint density at radius 2 is 1.93 bits per heavy atom. The van der Waals surface area contributed by atoms with Gasteiger partial charge in [-0.05, 0) is 61.4 Å². The molecule has 0 unspecified atom stereocenters. The summed E-state index contributed by atoms with van der Waals surface area (Å²) < 4.78 is 0. The van der Waals surface area contributed by atoms with E-state index in [9.17, 15) is 9.59 Å². The zero-order valence-corrected chi connectivity index (χ0v) is 16.0. The maximum absolute atomic E-state index is 13.2. The van der Waals surface area contributed by atoms with Crippen LogP contribution < -0.4 is 10.2 Å². The average molecular weight is 383 g/mol. The second kappa shape index (κ2) is 7.35. The van der Waals surface area contributed by atoms with Gasteiger partial charge in [0.1, 0.15) is 5.41 Å². The van der Waals surface area contributed by atoms with Gasteiger partial charge in [0.05, 0.1) is 0 Å². The smallest absolute Gasteiger partial charge is 0.242 e. The van der Waals surface area contributed by atoms with Gasteiger partial charge in [0.25, 0.3) is 0 Å². The summed E-state index contributed by atoms with van der Waals surface area (Å²) in [5, 5.41) is 3.66. The lowest BCUT2D eigenvalue weighted by Gasteiger charge is -2.32. The predicted octanol–water partition coefficient (Wildman–Crippen LogP) is 3.76. The number of rotatable bonds is 5. The Balaban J connectivity index is 1.41. The lowest BCUT2D eigenvalue weighted by Crippen LogP contribution is -2.47. The first-order valence-corrected chi connectivity index (χ1v) is 9.91. The van der Waals surface area contributed by atoms with Crippen LogP contribution in [0.4, 0.5) is 5.69 Å². The molecule has 2 aromatic carbocycles. The van der Waals surface area contributed by atoms with Gasteiger partial charge in [0.2, 0.25) is 11.8 Å². The Morgan fingerprint density at radius 1 is 1.11 bits per heavy atom. The molecule has 5 heteroatoms. The van der Waals surface area contributed by atoms with Crippen molar-refractivity contribution in [2.75, 3.05) is 18.0 Å². The highest BCUT2D eigenvalue weighted by atomic mass is 35.5. The molecule has 0 radical (unpaired) electrons. The van der Waals surface area contributed by atoms with E-state index in [1.807, 2.05) is 47.4 Å². The minimum Gasteiger partial charge on any atom is -0.355 e. The molecule has 1 aliphatic heterocycles. The molecule has 0 saturated heterocycles. The number of amides is 2. The number of nitrogens with one attached hydrogen (secondary N) is 1. The quantitative estimate of drug-likeness (QED) is 0.800. The molecule has 2 aliphatic rings. The molecular weight excluding hydrogens is 360 g/mol. The van der Waals surface area contributed by atoms with Crippen LogP contribution in [0.25, 0.3) is 0 Å². The highest BCUT2D eigenvalue weighted by Gasteiger charge is 2.58. The molecule has 27 heavy (non-hydrogen) atoms. The van der Waals surface area contributed by atoms with Crippen LogP contribution in [0, 0.1) is 5.41 Å². The fraction of sp³-hybridized carbons (Fsp3) is 0.364. The van der Waals surface area contributed by atoms with Crippen molar-refractivity contribution in [2.24, 2.45) is 5.41 Å². The minimum absolute atomic E-state index is 0.0464. The number of nitrogens with zero attached hydrogens (tertiary/aromatic N) is 1. The average Bonchev–Trinajstić information content (AvgIpc) is 3.49.